The van der Waals surface area contributed by atoms with E-state index in [-0.39, 0.29) is 47.9 Å². The minimum absolute atomic E-state index is 0.00689. The summed E-state index contributed by atoms with van der Waals surface area (Å²) in [4.78, 5) is 54.8. The second kappa shape index (κ2) is 15.7. The van der Waals surface area contributed by atoms with E-state index in [1.807, 2.05) is 43.6 Å². The van der Waals surface area contributed by atoms with Crippen LogP contribution in [0.4, 0.5) is 11.6 Å². The lowest BCUT2D eigenvalue weighted by atomic mass is 9.76. The van der Waals surface area contributed by atoms with Crippen LogP contribution in [-0.2, 0) is 16.1 Å². The first-order valence-electron chi connectivity index (χ1n) is 20.2. The van der Waals surface area contributed by atoms with Gasteiger partial charge in [0.1, 0.15) is 23.9 Å². The second-order valence-corrected chi connectivity index (χ2v) is 16.1. The Morgan fingerprint density at radius 2 is 1.79 bits per heavy atom. The van der Waals surface area contributed by atoms with Crippen LogP contribution in [0.2, 0.25) is 0 Å². The highest BCUT2D eigenvalue weighted by molar-refractivity contribution is 6.00. The number of phenolic OH excluding ortho intramolecular Hbond substituents is 1. The van der Waals surface area contributed by atoms with Crippen LogP contribution in [0.15, 0.2) is 73.1 Å². The third-order valence-corrected chi connectivity index (χ3v) is 12.7. The number of aromatic nitrogens is 2. The monoisotopic (exact) mass is 771 g/mol. The number of rotatable bonds is 10. The van der Waals surface area contributed by atoms with Gasteiger partial charge < -0.3 is 29.3 Å². The molecule has 3 aromatic carbocycles. The Kier molecular flexibility index (Phi) is 10.2. The molecule has 3 amide bonds. The number of nitrogens with one attached hydrogen (secondary N) is 1. The Morgan fingerprint density at radius 1 is 0.982 bits per heavy atom. The van der Waals surface area contributed by atoms with E-state index in [1.54, 1.807) is 17.0 Å². The molecular weight excluding hydrogens is 723 g/mol. The summed E-state index contributed by atoms with van der Waals surface area (Å²) in [5.41, 5.74) is 5.94. The lowest BCUT2D eigenvalue weighted by Crippen LogP contribution is -2.58. The molecule has 0 aliphatic carbocycles. The number of aromatic hydroxyl groups is 1. The first kappa shape index (κ1) is 36.9. The fraction of sp³-hybridized carbons (Fsp3) is 0.432. The molecule has 9 rings (SSSR count). The number of nitrogens with zero attached hydrogens (tertiary/aromatic N) is 6. The number of imide groups is 1. The van der Waals surface area contributed by atoms with E-state index in [9.17, 15) is 19.5 Å². The molecule has 2 N–H and O–H groups in total. The van der Waals surface area contributed by atoms with Crippen LogP contribution < -0.4 is 24.6 Å². The third kappa shape index (κ3) is 7.24. The molecular formula is C44H49N7O6. The average Bonchev–Trinajstić information content (AvgIpc) is 3.59. The van der Waals surface area contributed by atoms with Gasteiger partial charge in [0.25, 0.3) is 5.91 Å². The predicted molar refractivity (Wildman–Crippen MR) is 214 cm³/mol. The third-order valence-electron chi connectivity index (χ3n) is 12.7. The standard InChI is InChI=1S/C44H49N7O6/c1-28(7-12-40(54)47-27-52)51-24-36-34(43(51)55)10-11-38-42(36)57-25-32-23-48(17-18-50(32)38)22-29-13-15-49(16-14-29)44-45-20-31(21-46-44)41-35-9-8-33(53)19-39(35)56-26-37(41)30-5-3-2-4-6-30/h2-6,8-11,19-21,27-29,32,37,41,53H,7,12-18,22-26H2,1H3,(H,47,52,54). The maximum atomic E-state index is 13.4. The van der Waals surface area contributed by atoms with Crippen LogP contribution in [0.1, 0.15) is 77.1 Å². The van der Waals surface area contributed by atoms with E-state index in [4.69, 9.17) is 19.4 Å². The molecule has 13 nitrogen and oxygen atoms in total. The smallest absolute Gasteiger partial charge is 0.254 e. The quantitative estimate of drug-likeness (QED) is 0.217. The maximum absolute atomic E-state index is 13.4. The Labute approximate surface area is 332 Å². The molecule has 0 bridgehead atoms. The summed E-state index contributed by atoms with van der Waals surface area (Å²) in [5.74, 6) is 2.80. The average molecular weight is 772 g/mol. The molecule has 2 saturated heterocycles. The Hall–Kier alpha value is -5.69. The van der Waals surface area contributed by atoms with Crippen molar-refractivity contribution in [1.29, 1.82) is 0 Å². The number of carbonyl (C=O) groups is 3. The van der Waals surface area contributed by atoms with Gasteiger partial charge in [0.05, 0.1) is 24.9 Å². The summed E-state index contributed by atoms with van der Waals surface area (Å²) in [6.45, 7) is 9.19. The molecule has 4 unspecified atom stereocenters. The molecule has 1 aromatic heterocycles. The molecule has 13 heteroatoms. The van der Waals surface area contributed by atoms with Gasteiger partial charge in [-0.15, -0.1) is 0 Å². The van der Waals surface area contributed by atoms with E-state index >= 15 is 0 Å². The number of fused-ring (bicyclic) bond motifs is 6. The Bertz CT molecular complexity index is 2130. The summed E-state index contributed by atoms with van der Waals surface area (Å²) < 4.78 is 12.6. The van der Waals surface area contributed by atoms with Gasteiger partial charge in [0.15, 0.2) is 0 Å². The van der Waals surface area contributed by atoms with Crippen molar-refractivity contribution < 1.29 is 29.0 Å². The Balaban J connectivity index is 0.795. The number of piperazine rings is 1. The normalized spacial score (nSPS) is 22.4. The largest absolute Gasteiger partial charge is 0.508 e. The van der Waals surface area contributed by atoms with Crippen molar-refractivity contribution in [3.8, 4) is 17.2 Å². The SMILES string of the molecule is CC(CCC(=O)NC=O)N1Cc2c(ccc3c2OCC2CN(CC4CCN(c5ncc(C6c7ccc(O)cc7OCC6c6ccccc6)cn5)CC4)CCN32)C1=O. The van der Waals surface area contributed by atoms with Crippen LogP contribution in [0, 0.1) is 5.92 Å². The summed E-state index contributed by atoms with van der Waals surface area (Å²) in [7, 11) is 0. The fourth-order valence-electron chi connectivity index (χ4n) is 9.61. The zero-order valence-electron chi connectivity index (χ0n) is 32.3. The fourth-order valence-corrected chi connectivity index (χ4v) is 9.61. The van der Waals surface area contributed by atoms with Crippen LogP contribution >= 0.6 is 0 Å². The number of carbonyl (C=O) groups excluding carboxylic acids is 3. The molecule has 0 spiro atoms. The molecule has 6 heterocycles. The van der Waals surface area contributed by atoms with Crippen molar-refractivity contribution in [3.63, 3.8) is 0 Å². The highest BCUT2D eigenvalue weighted by atomic mass is 16.5. The number of amides is 3. The Morgan fingerprint density at radius 3 is 2.58 bits per heavy atom. The highest BCUT2D eigenvalue weighted by Gasteiger charge is 2.40. The van der Waals surface area contributed by atoms with Crippen LogP contribution in [0.5, 0.6) is 17.2 Å². The minimum atomic E-state index is -0.339. The lowest BCUT2D eigenvalue weighted by Gasteiger charge is -2.47. The van der Waals surface area contributed by atoms with Crippen molar-refractivity contribution in [3.05, 3.63) is 101 Å². The van der Waals surface area contributed by atoms with E-state index in [1.165, 1.54) is 5.56 Å². The van der Waals surface area contributed by atoms with Crippen LogP contribution in [-0.4, -0.2) is 108 Å². The number of phenols is 1. The number of piperidine rings is 1. The van der Waals surface area contributed by atoms with Crippen molar-refractivity contribution >= 4 is 29.9 Å². The lowest BCUT2D eigenvalue weighted by molar-refractivity contribution is -0.125. The molecule has 5 aliphatic heterocycles. The number of hydrogen-bond acceptors (Lipinski definition) is 11. The van der Waals surface area contributed by atoms with Gasteiger partial charge in [-0.05, 0) is 61.4 Å². The van der Waals surface area contributed by atoms with Crippen molar-refractivity contribution in [2.24, 2.45) is 5.92 Å². The van der Waals surface area contributed by atoms with Gasteiger partial charge in [-0.1, -0.05) is 36.4 Å². The van der Waals surface area contributed by atoms with Crippen LogP contribution in [0.3, 0.4) is 0 Å². The van der Waals surface area contributed by atoms with Crippen molar-refractivity contribution in [2.75, 3.05) is 62.3 Å². The summed E-state index contributed by atoms with van der Waals surface area (Å²) in [5, 5.41) is 12.3. The van der Waals surface area contributed by atoms with Crippen molar-refractivity contribution in [1.82, 2.24) is 25.1 Å². The molecule has 5 aliphatic rings. The van der Waals surface area contributed by atoms with E-state index in [0.717, 1.165) is 86.2 Å². The summed E-state index contributed by atoms with van der Waals surface area (Å²) in [6, 6.07) is 19.9. The molecule has 0 radical (unpaired) electrons. The second-order valence-electron chi connectivity index (χ2n) is 16.1. The highest BCUT2D eigenvalue weighted by Crippen LogP contribution is 2.47. The molecule has 4 aromatic rings. The van der Waals surface area contributed by atoms with Crippen LogP contribution in [0.25, 0.3) is 0 Å². The van der Waals surface area contributed by atoms with E-state index in [2.05, 4.69) is 44.3 Å². The number of anilines is 2. The van der Waals surface area contributed by atoms with Gasteiger partial charge in [-0.25, -0.2) is 9.97 Å². The van der Waals surface area contributed by atoms with Gasteiger partial charge in [-0.2, -0.15) is 0 Å². The van der Waals surface area contributed by atoms with Gasteiger partial charge in [0, 0.05) is 98.7 Å². The molecule has 57 heavy (non-hydrogen) atoms. The number of hydrogen-bond donors (Lipinski definition) is 2. The molecule has 296 valence electrons. The first-order valence-corrected chi connectivity index (χ1v) is 20.2. The summed E-state index contributed by atoms with van der Waals surface area (Å²) >= 11 is 0. The maximum Gasteiger partial charge on any atom is 0.254 e. The zero-order chi connectivity index (χ0) is 39.0. The zero-order valence-corrected chi connectivity index (χ0v) is 32.3. The number of ether oxygens (including phenoxy) is 2. The molecule has 2 fully saturated rings. The topological polar surface area (TPSA) is 141 Å². The van der Waals surface area contributed by atoms with Crippen molar-refractivity contribution in [2.45, 2.75) is 63.1 Å². The van der Waals surface area contributed by atoms with Gasteiger partial charge in [0.2, 0.25) is 18.3 Å². The molecule has 4 atom stereocenters. The minimum Gasteiger partial charge on any atom is -0.508 e. The number of benzene rings is 3. The van der Waals surface area contributed by atoms with Gasteiger partial charge >= 0.3 is 0 Å². The summed E-state index contributed by atoms with van der Waals surface area (Å²) in [6.07, 6.45) is 7.17. The predicted octanol–water partition coefficient (Wildman–Crippen LogP) is 4.69. The first-order chi connectivity index (χ1) is 27.8. The van der Waals surface area contributed by atoms with E-state index < -0.39 is 0 Å². The van der Waals surface area contributed by atoms with Gasteiger partial charge in [-0.3, -0.25) is 24.6 Å². The molecule has 0 saturated carbocycles. The van der Waals surface area contributed by atoms with E-state index in [0.29, 0.717) is 49.8 Å².